The van der Waals surface area contributed by atoms with Crippen LogP contribution in [0.15, 0.2) is 84.9 Å². The topological polar surface area (TPSA) is 128 Å². The van der Waals surface area contributed by atoms with Crippen LogP contribution >= 0.6 is 0 Å². The van der Waals surface area contributed by atoms with E-state index in [2.05, 4.69) is 10.9 Å². The molecule has 0 N–H and O–H groups in total. The maximum absolute atomic E-state index is 13.3. The minimum Gasteiger partial charge on any atom is -0.496 e. The predicted molar refractivity (Wildman–Crippen MR) is 191 cm³/mol. The lowest BCUT2D eigenvalue weighted by Crippen LogP contribution is -2.54. The number of piperidine rings is 1. The average molecular weight is 703 g/mol. The van der Waals surface area contributed by atoms with Crippen LogP contribution in [0.25, 0.3) is 10.8 Å². The van der Waals surface area contributed by atoms with Crippen LogP contribution in [0.2, 0.25) is 0 Å². The Morgan fingerprint density at radius 2 is 1.57 bits per heavy atom. The van der Waals surface area contributed by atoms with Gasteiger partial charge in [0.1, 0.15) is 17.2 Å². The number of likely N-dealkylation sites (tertiary alicyclic amines) is 1. The highest BCUT2D eigenvalue weighted by atomic mass is 16.9. The first-order valence-electron chi connectivity index (χ1n) is 17.1. The molecule has 1 heterocycles. The summed E-state index contributed by atoms with van der Waals surface area (Å²) in [7, 11) is 4.94. The van der Waals surface area contributed by atoms with Gasteiger partial charge in [-0.1, -0.05) is 54.6 Å². The van der Waals surface area contributed by atoms with E-state index < -0.39 is 11.2 Å². The number of carbonyl (C=O) groups is 1. The zero-order valence-electron chi connectivity index (χ0n) is 29.4. The number of ether oxygens (including phenoxy) is 6. The number of hydrogen-bond acceptors (Lipinski definition) is 10. The number of carbonyl (C=O) groups excluding carboxylic acids is 1. The lowest BCUT2D eigenvalue weighted by atomic mass is 9.84. The third kappa shape index (κ3) is 10.3. The van der Waals surface area contributed by atoms with E-state index in [1.54, 1.807) is 26.2 Å². The van der Waals surface area contributed by atoms with E-state index in [-0.39, 0.29) is 44.0 Å². The van der Waals surface area contributed by atoms with Crippen LogP contribution < -0.4 is 14.2 Å². The summed E-state index contributed by atoms with van der Waals surface area (Å²) in [5.41, 5.74) is 2.94. The number of hydrogen-bond donors (Lipinski definition) is 0. The third-order valence-corrected chi connectivity index (χ3v) is 8.97. The van der Waals surface area contributed by atoms with E-state index in [4.69, 9.17) is 28.4 Å². The first-order valence-corrected chi connectivity index (χ1v) is 17.1. The molecule has 12 nitrogen and oxygen atoms in total. The first-order chi connectivity index (χ1) is 24.9. The van der Waals surface area contributed by atoms with Gasteiger partial charge >= 0.3 is 0 Å². The van der Waals surface area contributed by atoms with Gasteiger partial charge in [-0.3, -0.25) is 4.79 Å². The fraction of sp³-hybridized carbons (Fsp3) is 0.410. The van der Waals surface area contributed by atoms with E-state index in [9.17, 15) is 14.9 Å². The Bertz CT molecular complexity index is 1720. The highest BCUT2D eigenvalue weighted by molar-refractivity contribution is 5.89. The molecule has 272 valence electrons. The van der Waals surface area contributed by atoms with Gasteiger partial charge in [0, 0.05) is 49.9 Å². The maximum atomic E-state index is 13.3. The number of fused-ring (bicyclic) bond motifs is 1. The van der Waals surface area contributed by atoms with E-state index in [1.807, 2.05) is 78.9 Å². The molecule has 1 saturated heterocycles. The van der Waals surface area contributed by atoms with Crippen molar-refractivity contribution in [1.82, 2.24) is 4.90 Å². The van der Waals surface area contributed by atoms with Crippen molar-refractivity contribution in [2.45, 2.75) is 50.6 Å². The Kier molecular flexibility index (Phi) is 13.8. The van der Waals surface area contributed by atoms with Crippen LogP contribution in [-0.4, -0.2) is 82.3 Å². The number of amides is 1. The number of rotatable bonds is 19. The minimum absolute atomic E-state index is 0.112. The van der Waals surface area contributed by atoms with Gasteiger partial charge in [0.25, 0.3) is 5.09 Å². The summed E-state index contributed by atoms with van der Waals surface area (Å²) in [4.78, 5) is 29.9. The lowest BCUT2D eigenvalue weighted by molar-refractivity contribution is -0.757. The van der Waals surface area contributed by atoms with Gasteiger partial charge in [0.15, 0.2) is 0 Å². The summed E-state index contributed by atoms with van der Waals surface area (Å²) in [5, 5.41) is 11.8. The van der Waals surface area contributed by atoms with Crippen molar-refractivity contribution in [3.05, 3.63) is 112 Å². The van der Waals surface area contributed by atoms with Gasteiger partial charge in [0.2, 0.25) is 5.91 Å². The molecule has 1 fully saturated rings. The van der Waals surface area contributed by atoms with Crippen LogP contribution in [-0.2, 0) is 37.1 Å². The van der Waals surface area contributed by atoms with Gasteiger partial charge in [-0.15, -0.1) is 10.1 Å². The fourth-order valence-electron chi connectivity index (χ4n) is 6.44. The van der Waals surface area contributed by atoms with Gasteiger partial charge in [-0.2, -0.15) is 0 Å². The molecular weight excluding hydrogens is 656 g/mol. The number of benzene rings is 4. The summed E-state index contributed by atoms with van der Waals surface area (Å²) in [6.45, 7) is 2.35. The minimum atomic E-state index is -0.849. The van der Waals surface area contributed by atoms with Crippen LogP contribution in [0.5, 0.6) is 17.2 Å². The molecule has 3 atom stereocenters. The van der Waals surface area contributed by atoms with Crippen molar-refractivity contribution >= 4 is 16.7 Å². The Balaban J connectivity index is 1.24. The predicted octanol–water partition coefficient (Wildman–Crippen LogP) is 6.36. The third-order valence-electron chi connectivity index (χ3n) is 8.97. The van der Waals surface area contributed by atoms with Crippen molar-refractivity contribution in [2.24, 2.45) is 0 Å². The molecule has 12 heteroatoms. The molecule has 1 amide bonds. The lowest BCUT2D eigenvalue weighted by Gasteiger charge is -2.43. The van der Waals surface area contributed by atoms with E-state index >= 15 is 0 Å². The molecule has 0 aliphatic carbocycles. The fourth-order valence-corrected chi connectivity index (χ4v) is 6.44. The molecule has 0 saturated carbocycles. The zero-order valence-corrected chi connectivity index (χ0v) is 29.4. The van der Waals surface area contributed by atoms with E-state index in [0.29, 0.717) is 32.9 Å². The highest BCUT2D eigenvalue weighted by Gasteiger charge is 2.40. The first kappa shape index (κ1) is 37.3. The average Bonchev–Trinajstić information content (AvgIpc) is 3.16. The molecular formula is C39H46N2O10. The van der Waals surface area contributed by atoms with E-state index in [0.717, 1.165) is 51.1 Å². The Labute approximate surface area is 298 Å². The second kappa shape index (κ2) is 18.9. The zero-order chi connectivity index (χ0) is 36.0. The van der Waals surface area contributed by atoms with Crippen molar-refractivity contribution < 1.29 is 43.1 Å². The monoisotopic (exact) mass is 702 g/mol. The molecule has 0 aromatic heterocycles. The van der Waals surface area contributed by atoms with Gasteiger partial charge in [0.05, 0.1) is 59.5 Å². The normalized spacial score (nSPS) is 17.2. The molecule has 1 aliphatic heterocycles. The molecule has 1 aliphatic rings. The summed E-state index contributed by atoms with van der Waals surface area (Å²) < 4.78 is 35.5. The molecule has 51 heavy (non-hydrogen) atoms. The van der Waals surface area contributed by atoms with Crippen molar-refractivity contribution in [3.63, 3.8) is 0 Å². The van der Waals surface area contributed by atoms with Crippen LogP contribution in [0, 0.1) is 10.1 Å². The summed E-state index contributed by atoms with van der Waals surface area (Å²) in [5.74, 6) is 1.98. The van der Waals surface area contributed by atoms with Crippen molar-refractivity contribution in [1.29, 1.82) is 0 Å². The molecule has 4 aromatic rings. The Morgan fingerprint density at radius 1 is 0.824 bits per heavy atom. The summed E-state index contributed by atoms with van der Waals surface area (Å²) in [6, 6.07) is 27.8. The van der Waals surface area contributed by atoms with Crippen molar-refractivity contribution in [3.8, 4) is 17.2 Å². The van der Waals surface area contributed by atoms with Crippen LogP contribution in [0.4, 0.5) is 0 Å². The van der Waals surface area contributed by atoms with Gasteiger partial charge in [-0.25, -0.2) is 0 Å². The maximum Gasteiger partial charge on any atom is 0.294 e. The smallest absolute Gasteiger partial charge is 0.294 e. The largest absolute Gasteiger partial charge is 0.496 e. The number of methoxy groups -OCH3 is 3. The number of para-hydroxylation sites is 1. The molecule has 0 bridgehead atoms. The highest BCUT2D eigenvalue weighted by Crippen LogP contribution is 2.35. The Morgan fingerprint density at radius 3 is 2.33 bits per heavy atom. The Hall–Kier alpha value is -4.91. The SMILES string of the molecule is COc1ccccc1COCCCOc1ccc(C2C(OC)CN(C(=O)CCCO[N+](=O)[O-])CC2OCc2cc(OC)c3ccccc3c2)cc1. The standard InChI is InChI=1S/C39H46N2O10/c1-45-34-13-7-5-11-31(34)27-48-19-9-20-49-32-17-15-29(16-18-32)39-36(47-3)24-40(38(42)14-8-21-51-41(43)44)25-37(39)50-26-28-22-30-10-4-6-12-33(30)35(23-28)46-2/h4-7,10-13,15-18,22-23,36-37,39H,8-9,14,19-21,24-27H2,1-3H3. The second-order valence-corrected chi connectivity index (χ2v) is 12.3. The van der Waals surface area contributed by atoms with Crippen LogP contribution in [0.1, 0.15) is 41.9 Å². The molecule has 4 aromatic carbocycles. The molecule has 0 spiro atoms. The summed E-state index contributed by atoms with van der Waals surface area (Å²) >= 11 is 0. The molecule has 3 unspecified atom stereocenters. The number of nitrogens with zero attached hydrogens (tertiary/aromatic N) is 2. The summed E-state index contributed by atoms with van der Waals surface area (Å²) in [6.07, 6.45) is 0.298. The van der Waals surface area contributed by atoms with Crippen LogP contribution in [0.3, 0.4) is 0 Å². The van der Waals surface area contributed by atoms with Crippen molar-refractivity contribution in [2.75, 3.05) is 54.2 Å². The second-order valence-electron chi connectivity index (χ2n) is 12.3. The van der Waals surface area contributed by atoms with Gasteiger partial charge < -0.3 is 38.2 Å². The molecule has 0 radical (unpaired) electrons. The van der Waals surface area contributed by atoms with E-state index in [1.165, 1.54) is 0 Å². The quantitative estimate of drug-likeness (QED) is 0.0619. The molecule has 5 rings (SSSR count). The van der Waals surface area contributed by atoms with Gasteiger partial charge in [-0.05, 0) is 53.3 Å².